The second-order valence-corrected chi connectivity index (χ2v) is 7.37. The van der Waals surface area contributed by atoms with Gasteiger partial charge < -0.3 is 19.9 Å². The van der Waals surface area contributed by atoms with E-state index < -0.39 is 35.6 Å². The van der Waals surface area contributed by atoms with Crippen molar-refractivity contribution in [2.45, 2.75) is 45.3 Å². The molecular formula is C20H24N2O7. The number of aromatic nitrogens is 1. The maximum Gasteiger partial charge on any atom is 0.419 e. The number of hydrogen-bond donors (Lipinski definition) is 2. The Morgan fingerprint density at radius 2 is 1.79 bits per heavy atom. The van der Waals surface area contributed by atoms with Gasteiger partial charge in [0.15, 0.2) is 6.04 Å². The normalized spacial score (nSPS) is 12.3. The summed E-state index contributed by atoms with van der Waals surface area (Å²) in [6.45, 7) is 5.16. The standard InChI is InChI=1S/C20H24N2O7/c1-20(2,3)29-19(27)22-11-13(12-7-5-6-8-14(12)22)17(18(25)26)21-15(23)9-10-16(24)28-4/h5-8,11,17H,9-10H2,1-4H3,(H,21,23)(H,25,26). The zero-order valence-electron chi connectivity index (χ0n) is 16.7. The molecule has 0 bridgehead atoms. The van der Waals surface area contributed by atoms with Crippen LogP contribution in [0.1, 0.15) is 45.2 Å². The second kappa shape index (κ2) is 8.76. The van der Waals surface area contributed by atoms with Crippen LogP contribution in [0.15, 0.2) is 30.5 Å². The van der Waals surface area contributed by atoms with E-state index in [1.807, 2.05) is 0 Å². The van der Waals surface area contributed by atoms with Gasteiger partial charge in [0.05, 0.1) is 19.0 Å². The molecule has 0 saturated heterocycles. The predicted molar refractivity (Wildman–Crippen MR) is 103 cm³/mol. The van der Waals surface area contributed by atoms with Crippen LogP contribution in [0.2, 0.25) is 0 Å². The van der Waals surface area contributed by atoms with Gasteiger partial charge in [-0.3, -0.25) is 14.2 Å². The van der Waals surface area contributed by atoms with Crippen LogP contribution in [0, 0.1) is 0 Å². The Hall–Kier alpha value is -3.36. The van der Waals surface area contributed by atoms with Crippen molar-refractivity contribution in [3.8, 4) is 0 Å². The number of methoxy groups -OCH3 is 1. The molecule has 1 amide bonds. The molecule has 1 aromatic heterocycles. The summed E-state index contributed by atoms with van der Waals surface area (Å²) in [7, 11) is 1.20. The van der Waals surface area contributed by atoms with Crippen molar-refractivity contribution in [2.75, 3.05) is 7.11 Å². The number of carbonyl (C=O) groups excluding carboxylic acids is 3. The zero-order valence-corrected chi connectivity index (χ0v) is 16.7. The van der Waals surface area contributed by atoms with E-state index >= 15 is 0 Å². The Morgan fingerprint density at radius 1 is 1.14 bits per heavy atom. The average Bonchev–Trinajstić information content (AvgIpc) is 3.02. The summed E-state index contributed by atoms with van der Waals surface area (Å²) in [5.74, 6) is -2.51. The highest BCUT2D eigenvalue weighted by molar-refractivity contribution is 5.96. The van der Waals surface area contributed by atoms with E-state index in [9.17, 15) is 24.3 Å². The van der Waals surface area contributed by atoms with Gasteiger partial charge in [-0.05, 0) is 26.8 Å². The molecule has 2 aromatic rings. The van der Waals surface area contributed by atoms with E-state index in [1.165, 1.54) is 17.9 Å². The Bertz CT molecular complexity index is 940. The summed E-state index contributed by atoms with van der Waals surface area (Å²) < 4.78 is 11.1. The molecule has 1 atom stereocenters. The second-order valence-electron chi connectivity index (χ2n) is 7.37. The Labute approximate surface area is 167 Å². The number of carboxylic acids is 1. The van der Waals surface area contributed by atoms with E-state index in [4.69, 9.17) is 4.74 Å². The summed E-state index contributed by atoms with van der Waals surface area (Å²) in [4.78, 5) is 47.8. The molecule has 1 aromatic carbocycles. The molecule has 0 radical (unpaired) electrons. The number of fused-ring (bicyclic) bond motifs is 1. The molecule has 9 heteroatoms. The molecular weight excluding hydrogens is 380 g/mol. The van der Waals surface area contributed by atoms with Crippen LogP contribution in [0.3, 0.4) is 0 Å². The van der Waals surface area contributed by atoms with Gasteiger partial charge in [-0.1, -0.05) is 18.2 Å². The number of carbonyl (C=O) groups is 4. The lowest BCUT2D eigenvalue weighted by Crippen LogP contribution is -2.34. The smallest absolute Gasteiger partial charge is 0.419 e. The maximum atomic E-state index is 12.6. The molecule has 0 saturated carbocycles. The number of esters is 1. The van der Waals surface area contributed by atoms with Gasteiger partial charge in [0, 0.05) is 23.6 Å². The molecule has 0 fully saturated rings. The lowest BCUT2D eigenvalue weighted by Gasteiger charge is -2.19. The SMILES string of the molecule is COC(=O)CCC(=O)NC(C(=O)O)c1cn(C(=O)OC(C)(C)C)c2ccccc12. The van der Waals surface area contributed by atoms with Crippen molar-refractivity contribution in [1.29, 1.82) is 0 Å². The first kappa shape index (κ1) is 21.9. The average molecular weight is 404 g/mol. The molecule has 0 spiro atoms. The number of carboxylic acid groups (broad SMARTS) is 1. The Morgan fingerprint density at radius 3 is 2.38 bits per heavy atom. The number of nitrogens with one attached hydrogen (secondary N) is 1. The number of rotatable bonds is 6. The van der Waals surface area contributed by atoms with Crippen molar-refractivity contribution < 1.29 is 33.8 Å². The number of para-hydroxylation sites is 1. The summed E-state index contributed by atoms with van der Waals surface area (Å²) in [6.07, 6.45) is 0.286. The third-order valence-corrected chi connectivity index (χ3v) is 3.98. The van der Waals surface area contributed by atoms with Gasteiger partial charge in [-0.25, -0.2) is 9.59 Å². The van der Waals surface area contributed by atoms with Crippen LogP contribution in [-0.2, 0) is 23.9 Å². The molecule has 1 unspecified atom stereocenters. The minimum atomic E-state index is -1.41. The van der Waals surface area contributed by atoms with E-state index in [-0.39, 0.29) is 18.4 Å². The molecule has 2 N–H and O–H groups in total. The Balaban J connectivity index is 2.38. The van der Waals surface area contributed by atoms with Crippen LogP contribution < -0.4 is 5.32 Å². The van der Waals surface area contributed by atoms with Gasteiger partial charge in [-0.2, -0.15) is 0 Å². The Kier molecular flexibility index (Phi) is 6.63. The third-order valence-electron chi connectivity index (χ3n) is 3.98. The van der Waals surface area contributed by atoms with Crippen molar-refractivity contribution in [1.82, 2.24) is 9.88 Å². The minimum Gasteiger partial charge on any atom is -0.479 e. The lowest BCUT2D eigenvalue weighted by molar-refractivity contribution is -0.143. The number of nitrogens with zero attached hydrogens (tertiary/aromatic N) is 1. The van der Waals surface area contributed by atoms with Gasteiger partial charge >= 0.3 is 18.0 Å². The first-order valence-corrected chi connectivity index (χ1v) is 8.96. The van der Waals surface area contributed by atoms with Crippen LogP contribution in [0.5, 0.6) is 0 Å². The topological polar surface area (TPSA) is 124 Å². The molecule has 1 heterocycles. The fraction of sp³-hybridized carbons (Fsp3) is 0.400. The summed E-state index contributed by atoms with van der Waals surface area (Å²) >= 11 is 0. The largest absolute Gasteiger partial charge is 0.479 e. The fourth-order valence-corrected chi connectivity index (χ4v) is 2.72. The third kappa shape index (κ3) is 5.56. The van der Waals surface area contributed by atoms with E-state index in [0.29, 0.717) is 10.9 Å². The van der Waals surface area contributed by atoms with Crippen molar-refractivity contribution >= 4 is 34.8 Å². The van der Waals surface area contributed by atoms with Gasteiger partial charge in [0.1, 0.15) is 5.60 Å². The quantitative estimate of drug-likeness (QED) is 0.709. The monoisotopic (exact) mass is 404 g/mol. The van der Waals surface area contributed by atoms with E-state index in [0.717, 1.165) is 0 Å². The number of amides is 1. The van der Waals surface area contributed by atoms with Gasteiger partial charge in [0.2, 0.25) is 5.91 Å². The van der Waals surface area contributed by atoms with Gasteiger partial charge in [0.25, 0.3) is 0 Å². The highest BCUT2D eigenvalue weighted by Crippen LogP contribution is 2.28. The number of benzene rings is 1. The minimum absolute atomic E-state index is 0.172. The molecule has 9 nitrogen and oxygen atoms in total. The summed E-state index contributed by atoms with van der Waals surface area (Å²) in [5, 5.41) is 12.5. The highest BCUT2D eigenvalue weighted by atomic mass is 16.6. The zero-order chi connectivity index (χ0) is 21.8. The summed E-state index contributed by atoms with van der Waals surface area (Å²) in [6, 6.07) is 5.30. The first-order valence-electron chi connectivity index (χ1n) is 8.96. The summed E-state index contributed by atoms with van der Waals surface area (Å²) in [5.41, 5.74) is -0.0612. The van der Waals surface area contributed by atoms with Crippen LogP contribution in [-0.4, -0.2) is 46.3 Å². The van der Waals surface area contributed by atoms with Crippen LogP contribution in [0.4, 0.5) is 4.79 Å². The lowest BCUT2D eigenvalue weighted by atomic mass is 10.1. The molecule has 2 rings (SSSR count). The van der Waals surface area contributed by atoms with Crippen molar-refractivity contribution in [3.63, 3.8) is 0 Å². The molecule has 0 aliphatic carbocycles. The van der Waals surface area contributed by atoms with Crippen molar-refractivity contribution in [2.24, 2.45) is 0 Å². The van der Waals surface area contributed by atoms with Crippen molar-refractivity contribution in [3.05, 3.63) is 36.0 Å². The molecule has 0 aliphatic rings. The van der Waals surface area contributed by atoms with Crippen LogP contribution in [0.25, 0.3) is 10.9 Å². The molecule has 29 heavy (non-hydrogen) atoms. The highest BCUT2D eigenvalue weighted by Gasteiger charge is 2.28. The molecule has 156 valence electrons. The van der Waals surface area contributed by atoms with E-state index in [2.05, 4.69) is 10.1 Å². The number of aliphatic carboxylic acids is 1. The van der Waals surface area contributed by atoms with E-state index in [1.54, 1.807) is 45.0 Å². The van der Waals surface area contributed by atoms with Gasteiger partial charge in [-0.15, -0.1) is 0 Å². The predicted octanol–water partition coefficient (Wildman–Crippen LogP) is 2.62. The van der Waals surface area contributed by atoms with Crippen LogP contribution >= 0.6 is 0 Å². The fourth-order valence-electron chi connectivity index (χ4n) is 2.72. The first-order chi connectivity index (χ1) is 13.5. The molecule has 0 aliphatic heterocycles. The maximum absolute atomic E-state index is 12.6. The number of hydrogen-bond acceptors (Lipinski definition) is 6. The number of ether oxygens (including phenoxy) is 2.